The summed E-state index contributed by atoms with van der Waals surface area (Å²) in [6.45, 7) is 3.24. The lowest BCUT2D eigenvalue weighted by Gasteiger charge is -2.18. The van der Waals surface area contributed by atoms with E-state index in [0.717, 1.165) is 11.9 Å². The summed E-state index contributed by atoms with van der Waals surface area (Å²) in [4.78, 5) is 19.2. The molecule has 0 unspecified atom stereocenters. The topological polar surface area (TPSA) is 77.0 Å². The van der Waals surface area contributed by atoms with Crippen LogP contribution in [0.3, 0.4) is 0 Å². The number of hydrogen-bond acceptors (Lipinski definition) is 4. The second-order valence-corrected chi connectivity index (χ2v) is 8.02. The summed E-state index contributed by atoms with van der Waals surface area (Å²) >= 11 is 0. The van der Waals surface area contributed by atoms with E-state index in [-0.39, 0.29) is 17.4 Å². The molecule has 2 aromatic heterocycles. The molecule has 1 atom stereocenters. The molecule has 1 amide bonds. The fraction of sp³-hybridized carbons (Fsp3) is 0.261. The van der Waals surface area contributed by atoms with Crippen molar-refractivity contribution in [3.8, 4) is 0 Å². The first-order chi connectivity index (χ1) is 14.4. The number of anilines is 1. The highest BCUT2D eigenvalue weighted by atomic mass is 19.1. The summed E-state index contributed by atoms with van der Waals surface area (Å²) in [6, 6.07) is 11.3. The third kappa shape index (κ3) is 2.89. The first-order valence-electron chi connectivity index (χ1n) is 9.98. The van der Waals surface area contributed by atoms with Gasteiger partial charge in [0.15, 0.2) is 0 Å². The van der Waals surface area contributed by atoms with E-state index in [1.54, 1.807) is 28.9 Å². The average Bonchev–Trinajstić information content (AvgIpc) is 3.36. The molecular weight excluding hydrogens is 381 g/mol. The van der Waals surface area contributed by atoms with Crippen LogP contribution in [0.5, 0.6) is 0 Å². The molecule has 0 saturated carbocycles. The van der Waals surface area contributed by atoms with Crippen LogP contribution in [0.2, 0.25) is 0 Å². The monoisotopic (exact) mass is 403 g/mol. The van der Waals surface area contributed by atoms with E-state index in [4.69, 9.17) is 5.73 Å². The van der Waals surface area contributed by atoms with Crippen LogP contribution in [-0.4, -0.2) is 38.7 Å². The molecule has 1 aliphatic heterocycles. The number of rotatable bonds is 2. The molecule has 7 heteroatoms. The van der Waals surface area contributed by atoms with Gasteiger partial charge in [0.1, 0.15) is 11.6 Å². The Morgan fingerprint density at radius 3 is 2.73 bits per heavy atom. The molecule has 0 radical (unpaired) electrons. The maximum Gasteiger partial charge on any atom is 0.256 e. The summed E-state index contributed by atoms with van der Waals surface area (Å²) in [5.74, 6) is -0.316. The molecule has 1 saturated heterocycles. The van der Waals surface area contributed by atoms with Gasteiger partial charge in [0.2, 0.25) is 0 Å². The summed E-state index contributed by atoms with van der Waals surface area (Å²) in [7, 11) is 1.79. The Kier molecular flexibility index (Phi) is 4.20. The molecule has 1 aliphatic rings. The molecule has 0 aliphatic carbocycles. The number of fused-ring (bicyclic) bond motifs is 3. The molecule has 5 rings (SSSR count). The minimum Gasteiger partial charge on any atom is -0.383 e. The van der Waals surface area contributed by atoms with E-state index in [0.29, 0.717) is 35.2 Å². The van der Waals surface area contributed by atoms with Crippen LogP contribution in [0.15, 0.2) is 42.6 Å². The van der Waals surface area contributed by atoms with Crippen LogP contribution in [0.1, 0.15) is 33.8 Å². The van der Waals surface area contributed by atoms with E-state index in [2.05, 4.69) is 41.3 Å². The Balaban J connectivity index is 1.51. The van der Waals surface area contributed by atoms with Gasteiger partial charge in [0, 0.05) is 37.5 Å². The van der Waals surface area contributed by atoms with E-state index >= 15 is 0 Å². The Morgan fingerprint density at radius 1 is 1.20 bits per heavy atom. The van der Waals surface area contributed by atoms with E-state index in [1.807, 2.05) is 0 Å². The van der Waals surface area contributed by atoms with E-state index in [9.17, 15) is 9.18 Å². The van der Waals surface area contributed by atoms with Gasteiger partial charge in [0.25, 0.3) is 5.91 Å². The number of hydrogen-bond donors (Lipinski definition) is 1. The molecule has 152 valence electrons. The minimum absolute atomic E-state index is 0.0566. The number of nitrogen functional groups attached to an aromatic ring is 1. The normalized spacial score (nSPS) is 16.6. The predicted octanol–water partition coefficient (Wildman–Crippen LogP) is 3.78. The molecular formula is C23H22FN5O. The number of nitrogens with two attached hydrogens (primary N) is 1. The van der Waals surface area contributed by atoms with Crippen molar-refractivity contribution >= 4 is 33.5 Å². The number of carbonyl (C=O) groups is 1. The van der Waals surface area contributed by atoms with Crippen molar-refractivity contribution in [2.45, 2.75) is 19.3 Å². The van der Waals surface area contributed by atoms with Crippen LogP contribution in [0, 0.1) is 12.7 Å². The Labute approximate surface area is 173 Å². The number of benzene rings is 2. The van der Waals surface area contributed by atoms with Crippen LogP contribution in [0.4, 0.5) is 10.2 Å². The number of likely N-dealkylation sites (tertiary alicyclic amines) is 1. The lowest BCUT2D eigenvalue weighted by molar-refractivity contribution is 0.0786. The zero-order chi connectivity index (χ0) is 21.0. The average molecular weight is 403 g/mol. The molecule has 1 fully saturated rings. The van der Waals surface area contributed by atoms with E-state index < -0.39 is 5.82 Å². The predicted molar refractivity (Wildman–Crippen MR) is 115 cm³/mol. The number of aryl methyl sites for hydroxylation is 2. The quantitative estimate of drug-likeness (QED) is 0.553. The number of aromatic nitrogens is 3. The van der Waals surface area contributed by atoms with Gasteiger partial charge in [-0.15, -0.1) is 0 Å². The third-order valence-electron chi connectivity index (χ3n) is 6.05. The molecule has 3 heterocycles. The molecule has 2 aromatic carbocycles. The van der Waals surface area contributed by atoms with Crippen molar-refractivity contribution in [2.24, 2.45) is 7.05 Å². The first-order valence-corrected chi connectivity index (χ1v) is 9.98. The summed E-state index contributed by atoms with van der Waals surface area (Å²) in [6.07, 6.45) is 2.50. The largest absolute Gasteiger partial charge is 0.383 e. The third-order valence-corrected chi connectivity index (χ3v) is 6.05. The number of halogens is 1. The smallest absolute Gasteiger partial charge is 0.256 e. The van der Waals surface area contributed by atoms with Crippen molar-refractivity contribution in [1.82, 2.24) is 19.7 Å². The molecule has 6 nitrogen and oxygen atoms in total. The van der Waals surface area contributed by atoms with Gasteiger partial charge in [-0.1, -0.05) is 29.8 Å². The second-order valence-electron chi connectivity index (χ2n) is 8.02. The Morgan fingerprint density at radius 2 is 1.97 bits per heavy atom. The highest BCUT2D eigenvalue weighted by molar-refractivity contribution is 6.10. The van der Waals surface area contributed by atoms with Gasteiger partial charge < -0.3 is 10.6 Å². The van der Waals surface area contributed by atoms with Crippen LogP contribution in [0.25, 0.3) is 21.8 Å². The number of nitrogens with zero attached hydrogens (tertiary/aromatic N) is 4. The summed E-state index contributed by atoms with van der Waals surface area (Å²) < 4.78 is 16.6. The summed E-state index contributed by atoms with van der Waals surface area (Å²) in [5, 5.41) is 5.59. The number of carbonyl (C=O) groups excluding carboxylic acids is 1. The summed E-state index contributed by atoms with van der Waals surface area (Å²) in [5.41, 5.74) is 9.63. The maximum atomic E-state index is 14.9. The number of amides is 1. The van der Waals surface area contributed by atoms with Gasteiger partial charge >= 0.3 is 0 Å². The molecule has 0 spiro atoms. The Bertz CT molecular complexity index is 1290. The SMILES string of the molecule is Cc1ccc([C@H]2CCN(C(=O)c3cc4c(cc3F)nc(N)c3cnn(C)c34)C2)cc1. The van der Waals surface area contributed by atoms with Crippen LogP contribution in [-0.2, 0) is 7.05 Å². The number of pyridine rings is 1. The lowest BCUT2D eigenvalue weighted by atomic mass is 9.97. The molecule has 30 heavy (non-hydrogen) atoms. The van der Waals surface area contributed by atoms with Crippen LogP contribution < -0.4 is 5.73 Å². The highest BCUT2D eigenvalue weighted by Gasteiger charge is 2.30. The zero-order valence-electron chi connectivity index (χ0n) is 16.9. The lowest BCUT2D eigenvalue weighted by Crippen LogP contribution is -2.29. The fourth-order valence-electron chi connectivity index (χ4n) is 4.37. The maximum absolute atomic E-state index is 14.9. The van der Waals surface area contributed by atoms with Gasteiger partial charge in [-0.3, -0.25) is 9.48 Å². The minimum atomic E-state index is -0.584. The van der Waals surface area contributed by atoms with Crippen molar-refractivity contribution in [1.29, 1.82) is 0 Å². The first kappa shape index (κ1) is 18.5. The molecule has 0 bridgehead atoms. The molecule has 2 N–H and O–H groups in total. The van der Waals surface area contributed by atoms with Crippen molar-refractivity contribution < 1.29 is 9.18 Å². The van der Waals surface area contributed by atoms with Gasteiger partial charge in [-0.2, -0.15) is 5.10 Å². The van der Waals surface area contributed by atoms with Crippen LogP contribution >= 0.6 is 0 Å². The Hall–Kier alpha value is -3.48. The zero-order valence-corrected chi connectivity index (χ0v) is 16.9. The standard InChI is InChI=1S/C23H22FN5O/c1-13-3-5-14(6-4-13)15-7-8-29(12-15)23(30)16-9-17-20(10-19(16)24)27-22(25)18-11-26-28(2)21(17)18/h3-6,9-11,15H,7-8,12H2,1-2H3,(H2,25,27)/t15-/m0/s1. The van der Waals surface area contributed by atoms with Crippen molar-refractivity contribution in [3.63, 3.8) is 0 Å². The van der Waals surface area contributed by atoms with Gasteiger partial charge in [0.05, 0.1) is 28.2 Å². The van der Waals surface area contributed by atoms with Gasteiger partial charge in [-0.25, -0.2) is 9.37 Å². The fourth-order valence-corrected chi connectivity index (χ4v) is 4.37. The second kappa shape index (κ2) is 6.79. The highest BCUT2D eigenvalue weighted by Crippen LogP contribution is 2.32. The molecule has 4 aromatic rings. The van der Waals surface area contributed by atoms with Crippen molar-refractivity contribution in [3.05, 3.63) is 65.1 Å². The van der Waals surface area contributed by atoms with Gasteiger partial charge in [-0.05, 0) is 25.0 Å². The van der Waals surface area contributed by atoms with Crippen molar-refractivity contribution in [2.75, 3.05) is 18.8 Å². The van der Waals surface area contributed by atoms with E-state index in [1.165, 1.54) is 17.2 Å².